The van der Waals surface area contributed by atoms with Gasteiger partial charge >= 0.3 is 0 Å². The lowest BCUT2D eigenvalue weighted by Gasteiger charge is -2.29. The predicted molar refractivity (Wildman–Crippen MR) is 95.1 cm³/mol. The molecular formula is C15H16P2S2. The molecule has 1 aliphatic heterocycles. The van der Waals surface area contributed by atoms with Crippen LogP contribution in [0.5, 0.6) is 0 Å². The van der Waals surface area contributed by atoms with Crippen molar-refractivity contribution in [3.63, 3.8) is 0 Å². The van der Waals surface area contributed by atoms with E-state index < -0.39 is 11.5 Å². The smallest absolute Gasteiger partial charge is 0.0180 e. The van der Waals surface area contributed by atoms with Crippen LogP contribution in [0.2, 0.25) is 0 Å². The van der Waals surface area contributed by atoms with Crippen LogP contribution in [0.3, 0.4) is 0 Å². The summed E-state index contributed by atoms with van der Waals surface area (Å²) >= 11 is 12.4. The summed E-state index contributed by atoms with van der Waals surface area (Å²) in [5.41, 5.74) is -3.21. The van der Waals surface area contributed by atoms with Crippen LogP contribution < -0.4 is 10.6 Å². The fourth-order valence-electron chi connectivity index (χ4n) is 2.78. The fourth-order valence-corrected chi connectivity index (χ4v) is 17.9. The third-order valence-electron chi connectivity index (χ3n) is 3.76. The molecule has 98 valence electrons. The first-order valence-corrected chi connectivity index (χ1v) is 13.1. The Bertz CT molecular complexity index is 606. The van der Waals surface area contributed by atoms with E-state index >= 15 is 0 Å². The van der Waals surface area contributed by atoms with Crippen LogP contribution in [0.4, 0.5) is 0 Å². The summed E-state index contributed by atoms with van der Waals surface area (Å²) in [5.74, 6) is 0. The van der Waals surface area contributed by atoms with E-state index in [1.807, 2.05) is 0 Å². The molecule has 0 spiro atoms. The summed E-state index contributed by atoms with van der Waals surface area (Å²) in [6.45, 7) is 0. The predicted octanol–water partition coefficient (Wildman–Crippen LogP) is 3.92. The van der Waals surface area contributed by atoms with Gasteiger partial charge in [0.15, 0.2) is 0 Å². The highest BCUT2D eigenvalue weighted by Gasteiger charge is 2.41. The molecule has 2 unspecified atom stereocenters. The van der Waals surface area contributed by atoms with Crippen LogP contribution >= 0.6 is 11.5 Å². The summed E-state index contributed by atoms with van der Waals surface area (Å²) in [6.07, 6.45) is 3.51. The third-order valence-corrected chi connectivity index (χ3v) is 22.9. The summed E-state index contributed by atoms with van der Waals surface area (Å²) in [4.78, 5) is 0. The van der Waals surface area contributed by atoms with Gasteiger partial charge in [0.05, 0.1) is 0 Å². The zero-order valence-electron chi connectivity index (χ0n) is 10.6. The second-order valence-corrected chi connectivity index (χ2v) is 19.1. The van der Waals surface area contributed by atoms with Crippen LogP contribution in [-0.2, 0) is 23.6 Å². The minimum Gasteiger partial charge on any atom is -0.0866 e. The number of hydrogen-bond acceptors (Lipinski definition) is 2. The minimum atomic E-state index is -1.61. The monoisotopic (exact) mass is 322 g/mol. The van der Waals surface area contributed by atoms with Crippen LogP contribution in [0.15, 0.2) is 60.7 Å². The SMILES string of the molecule is S=P1(c2ccccc2)CCCP1(=S)c1ccccc1. The molecule has 1 heterocycles. The van der Waals surface area contributed by atoms with Gasteiger partial charge in [-0.2, -0.15) is 0 Å². The molecule has 3 rings (SSSR count). The molecule has 1 fully saturated rings. The lowest BCUT2D eigenvalue weighted by Crippen LogP contribution is -2.10. The maximum atomic E-state index is 6.21. The molecule has 0 N–H and O–H groups in total. The van der Waals surface area contributed by atoms with Gasteiger partial charge in [0.25, 0.3) is 0 Å². The molecule has 2 aromatic carbocycles. The van der Waals surface area contributed by atoms with Crippen molar-refractivity contribution in [2.75, 3.05) is 12.3 Å². The highest BCUT2D eigenvalue weighted by atomic mass is 32.8. The van der Waals surface area contributed by atoms with E-state index in [2.05, 4.69) is 60.7 Å². The van der Waals surface area contributed by atoms with Crippen molar-refractivity contribution in [3.05, 3.63) is 60.7 Å². The second kappa shape index (κ2) is 5.26. The van der Waals surface area contributed by atoms with Gasteiger partial charge in [-0.3, -0.25) is 0 Å². The first-order chi connectivity index (χ1) is 9.17. The van der Waals surface area contributed by atoms with Gasteiger partial charge < -0.3 is 0 Å². The van der Waals surface area contributed by atoms with E-state index in [0.29, 0.717) is 0 Å². The Labute approximate surface area is 125 Å². The van der Waals surface area contributed by atoms with Crippen molar-refractivity contribution in [2.24, 2.45) is 0 Å². The maximum absolute atomic E-state index is 6.21. The first-order valence-electron chi connectivity index (χ1n) is 6.47. The second-order valence-electron chi connectivity index (χ2n) is 4.88. The molecule has 0 bridgehead atoms. The molecule has 2 atom stereocenters. The number of hydrogen-bond donors (Lipinski definition) is 0. The maximum Gasteiger partial charge on any atom is 0.0180 e. The Kier molecular flexibility index (Phi) is 3.80. The van der Waals surface area contributed by atoms with E-state index in [-0.39, 0.29) is 0 Å². The van der Waals surface area contributed by atoms with Crippen molar-refractivity contribution in [2.45, 2.75) is 6.42 Å². The summed E-state index contributed by atoms with van der Waals surface area (Å²) in [6, 6.07) is 21.4. The van der Waals surface area contributed by atoms with Gasteiger partial charge in [0, 0.05) is 11.5 Å². The standard InChI is InChI=1S/C15H16P2S2/c18-16(14-8-3-1-4-9-14)12-7-13-17(16,19)15-10-5-2-6-11-15/h1-6,8-11H,7,12-13H2. The van der Waals surface area contributed by atoms with Crippen molar-refractivity contribution < 1.29 is 0 Å². The summed E-state index contributed by atoms with van der Waals surface area (Å²) < 4.78 is 0. The molecule has 0 radical (unpaired) electrons. The van der Waals surface area contributed by atoms with Gasteiger partial charge in [-0.15, -0.1) is 0 Å². The molecule has 0 amide bonds. The highest BCUT2D eigenvalue weighted by Crippen LogP contribution is 2.84. The Morgan fingerprint density at radius 2 is 1.00 bits per heavy atom. The number of rotatable bonds is 2. The van der Waals surface area contributed by atoms with Gasteiger partial charge in [0.1, 0.15) is 0 Å². The molecule has 0 aromatic heterocycles. The zero-order chi connectivity index (χ0) is 13.3. The van der Waals surface area contributed by atoms with Crippen molar-refractivity contribution in [1.82, 2.24) is 0 Å². The molecule has 0 saturated carbocycles. The zero-order valence-corrected chi connectivity index (χ0v) is 14.0. The van der Waals surface area contributed by atoms with Crippen molar-refractivity contribution in [3.8, 4) is 0 Å². The van der Waals surface area contributed by atoms with Crippen LogP contribution in [-0.4, -0.2) is 12.3 Å². The van der Waals surface area contributed by atoms with Crippen LogP contribution in [0.1, 0.15) is 6.42 Å². The molecule has 0 aliphatic carbocycles. The van der Waals surface area contributed by atoms with E-state index in [9.17, 15) is 0 Å². The Morgan fingerprint density at radius 3 is 1.37 bits per heavy atom. The molecular weight excluding hydrogens is 306 g/mol. The van der Waals surface area contributed by atoms with Gasteiger partial charge in [-0.25, -0.2) is 0 Å². The number of benzene rings is 2. The van der Waals surface area contributed by atoms with E-state index in [0.717, 1.165) is 12.3 Å². The molecule has 0 nitrogen and oxygen atoms in total. The Balaban J connectivity index is 2.17. The van der Waals surface area contributed by atoms with Crippen LogP contribution in [0, 0.1) is 0 Å². The molecule has 19 heavy (non-hydrogen) atoms. The molecule has 1 aliphatic rings. The lowest BCUT2D eigenvalue weighted by molar-refractivity contribution is 1.13. The highest BCUT2D eigenvalue weighted by molar-refractivity contribution is 8.70. The lowest BCUT2D eigenvalue weighted by atomic mass is 10.4. The Morgan fingerprint density at radius 1 is 0.632 bits per heavy atom. The van der Waals surface area contributed by atoms with Gasteiger partial charge in [0.2, 0.25) is 0 Å². The average Bonchev–Trinajstić information content (AvgIpc) is 2.79. The third kappa shape index (κ3) is 2.20. The quantitative estimate of drug-likeness (QED) is 0.769. The van der Waals surface area contributed by atoms with Crippen LogP contribution in [0.25, 0.3) is 0 Å². The normalized spacial score (nSPS) is 30.3. The molecule has 1 saturated heterocycles. The summed E-state index contributed by atoms with van der Waals surface area (Å²) in [5, 5.41) is 2.71. The first kappa shape index (κ1) is 13.7. The Hall–Kier alpha value is -0.260. The van der Waals surface area contributed by atoms with Gasteiger partial charge in [-0.05, 0) is 29.4 Å². The summed E-state index contributed by atoms with van der Waals surface area (Å²) in [7, 11) is 0. The fraction of sp³-hybridized carbons (Fsp3) is 0.200. The van der Waals surface area contributed by atoms with Gasteiger partial charge in [-0.1, -0.05) is 84.3 Å². The van der Waals surface area contributed by atoms with E-state index in [1.165, 1.54) is 17.0 Å². The average molecular weight is 322 g/mol. The van der Waals surface area contributed by atoms with Crippen molar-refractivity contribution >= 4 is 45.7 Å². The molecule has 2 aromatic rings. The van der Waals surface area contributed by atoms with Crippen molar-refractivity contribution in [1.29, 1.82) is 0 Å². The van der Waals surface area contributed by atoms with E-state index in [1.54, 1.807) is 0 Å². The van der Waals surface area contributed by atoms with E-state index in [4.69, 9.17) is 23.6 Å². The largest absolute Gasteiger partial charge is 0.0866 e. The topological polar surface area (TPSA) is 0 Å². The molecule has 4 heteroatoms. The minimum absolute atomic E-state index is 1.15.